The van der Waals surface area contributed by atoms with E-state index < -0.39 is 0 Å². The minimum Gasteiger partial charge on any atom is -0.493 e. The summed E-state index contributed by atoms with van der Waals surface area (Å²) in [6.07, 6.45) is 2.48. The van der Waals surface area contributed by atoms with E-state index in [1.54, 1.807) is 7.11 Å². The first-order valence-corrected chi connectivity index (χ1v) is 10.3. The minimum atomic E-state index is 0. The van der Waals surface area contributed by atoms with E-state index >= 15 is 0 Å². The van der Waals surface area contributed by atoms with Crippen molar-refractivity contribution in [3.05, 3.63) is 59.7 Å². The highest BCUT2D eigenvalue weighted by Crippen LogP contribution is 2.29. The fraction of sp³-hybridized carbons (Fsp3) is 0.435. The van der Waals surface area contributed by atoms with Crippen molar-refractivity contribution in [3.8, 4) is 11.5 Å². The summed E-state index contributed by atoms with van der Waals surface area (Å²) in [5.41, 5.74) is 8.20. The SMILES string of the molecule is CCN1CCCC1CNC(N)=NCc1ccc(OCc2ccccc2)c(OC)c1.I. The number of rotatable bonds is 9. The van der Waals surface area contributed by atoms with Crippen LogP contribution < -0.4 is 20.5 Å². The number of nitrogens with two attached hydrogens (primary N) is 1. The monoisotopic (exact) mass is 524 g/mol. The van der Waals surface area contributed by atoms with Crippen LogP contribution in [0.15, 0.2) is 53.5 Å². The number of methoxy groups -OCH3 is 1. The Morgan fingerprint density at radius 3 is 2.70 bits per heavy atom. The molecular weight excluding hydrogens is 491 g/mol. The zero-order chi connectivity index (χ0) is 20.5. The molecule has 0 radical (unpaired) electrons. The standard InChI is InChI=1S/C23H32N4O2.HI/c1-3-27-13-7-10-20(27)16-26-23(24)25-15-19-11-12-21(22(14-19)28-2)29-17-18-8-5-4-6-9-18;/h4-6,8-9,11-12,14,20H,3,7,10,13,15-17H2,1-2H3,(H3,24,25,26);1H. The second kappa shape index (κ2) is 12.6. The van der Waals surface area contributed by atoms with Gasteiger partial charge in [-0.05, 0) is 49.2 Å². The second-order valence-electron chi connectivity index (χ2n) is 7.27. The van der Waals surface area contributed by atoms with Gasteiger partial charge in [0.1, 0.15) is 6.61 Å². The molecule has 1 saturated heterocycles. The molecule has 0 bridgehead atoms. The van der Waals surface area contributed by atoms with Crippen LogP contribution >= 0.6 is 24.0 Å². The summed E-state index contributed by atoms with van der Waals surface area (Å²) < 4.78 is 11.4. The number of hydrogen-bond donors (Lipinski definition) is 2. The van der Waals surface area contributed by atoms with E-state index in [0.717, 1.165) is 30.0 Å². The predicted octanol–water partition coefficient (Wildman–Crippen LogP) is 3.78. The predicted molar refractivity (Wildman–Crippen MR) is 133 cm³/mol. The number of likely N-dealkylation sites (tertiary alicyclic amines) is 1. The molecule has 1 fully saturated rings. The maximum absolute atomic E-state index is 6.06. The van der Waals surface area contributed by atoms with Crippen LogP contribution in [-0.2, 0) is 13.2 Å². The van der Waals surface area contributed by atoms with Gasteiger partial charge in [-0.1, -0.05) is 43.3 Å². The summed E-state index contributed by atoms with van der Waals surface area (Å²) in [4.78, 5) is 6.96. The molecule has 0 saturated carbocycles. The fourth-order valence-corrected chi connectivity index (χ4v) is 3.66. The second-order valence-corrected chi connectivity index (χ2v) is 7.27. The van der Waals surface area contributed by atoms with Gasteiger partial charge in [0.15, 0.2) is 17.5 Å². The minimum absolute atomic E-state index is 0. The molecule has 164 valence electrons. The van der Waals surface area contributed by atoms with Crippen LogP contribution in [0.5, 0.6) is 11.5 Å². The van der Waals surface area contributed by atoms with Crippen LogP contribution in [-0.4, -0.2) is 43.6 Å². The van der Waals surface area contributed by atoms with Crippen LogP contribution in [0.25, 0.3) is 0 Å². The maximum atomic E-state index is 6.06. The summed E-state index contributed by atoms with van der Waals surface area (Å²) in [5.74, 6) is 1.90. The van der Waals surface area contributed by atoms with Gasteiger partial charge in [0.2, 0.25) is 0 Å². The van der Waals surface area contributed by atoms with Crippen LogP contribution in [0.2, 0.25) is 0 Å². The summed E-state index contributed by atoms with van der Waals surface area (Å²) in [6.45, 7) is 6.31. The molecule has 30 heavy (non-hydrogen) atoms. The van der Waals surface area contributed by atoms with Crippen LogP contribution in [0.3, 0.4) is 0 Å². The van der Waals surface area contributed by atoms with Crippen molar-refractivity contribution in [1.82, 2.24) is 10.2 Å². The molecule has 7 heteroatoms. The number of halogens is 1. The number of ether oxygens (including phenoxy) is 2. The van der Waals surface area contributed by atoms with Gasteiger partial charge in [-0.2, -0.15) is 0 Å². The van der Waals surface area contributed by atoms with Gasteiger partial charge in [0.25, 0.3) is 0 Å². The van der Waals surface area contributed by atoms with Crippen molar-refractivity contribution in [1.29, 1.82) is 0 Å². The van der Waals surface area contributed by atoms with Crippen molar-refractivity contribution >= 4 is 29.9 Å². The molecule has 3 rings (SSSR count). The van der Waals surface area contributed by atoms with Crippen molar-refractivity contribution < 1.29 is 9.47 Å². The molecule has 1 atom stereocenters. The molecular formula is C23H33IN4O2. The van der Waals surface area contributed by atoms with E-state index in [-0.39, 0.29) is 24.0 Å². The average molecular weight is 524 g/mol. The maximum Gasteiger partial charge on any atom is 0.188 e. The number of aliphatic imine (C=N–C) groups is 1. The highest BCUT2D eigenvalue weighted by atomic mass is 127. The van der Waals surface area contributed by atoms with Crippen LogP contribution in [0.1, 0.15) is 30.9 Å². The van der Waals surface area contributed by atoms with Gasteiger partial charge in [0.05, 0.1) is 13.7 Å². The van der Waals surface area contributed by atoms with E-state index in [1.165, 1.54) is 19.4 Å². The number of likely N-dealkylation sites (N-methyl/N-ethyl adjacent to an activating group) is 1. The van der Waals surface area contributed by atoms with E-state index in [1.807, 2.05) is 48.5 Å². The Kier molecular flexibility index (Phi) is 10.2. The van der Waals surface area contributed by atoms with Gasteiger partial charge < -0.3 is 20.5 Å². The quantitative estimate of drug-likeness (QED) is 0.297. The van der Waals surface area contributed by atoms with Gasteiger partial charge in [-0.15, -0.1) is 24.0 Å². The summed E-state index contributed by atoms with van der Waals surface area (Å²) in [6, 6.07) is 16.5. The van der Waals surface area contributed by atoms with Crippen molar-refractivity contribution in [2.24, 2.45) is 10.7 Å². The fourth-order valence-electron chi connectivity index (χ4n) is 3.66. The first-order valence-electron chi connectivity index (χ1n) is 10.3. The Morgan fingerprint density at radius 1 is 1.17 bits per heavy atom. The lowest BCUT2D eigenvalue weighted by atomic mass is 10.2. The number of nitrogens with one attached hydrogen (secondary N) is 1. The lowest BCUT2D eigenvalue weighted by molar-refractivity contribution is 0.267. The van der Waals surface area contributed by atoms with Crippen molar-refractivity contribution in [3.63, 3.8) is 0 Å². The Hall–Kier alpha value is -2.00. The molecule has 2 aromatic rings. The first-order chi connectivity index (χ1) is 14.2. The lowest BCUT2D eigenvalue weighted by Crippen LogP contribution is -2.42. The molecule has 0 amide bonds. The zero-order valence-corrected chi connectivity index (χ0v) is 20.2. The molecule has 2 aromatic carbocycles. The molecule has 6 nitrogen and oxygen atoms in total. The third-order valence-electron chi connectivity index (χ3n) is 5.32. The van der Waals surface area contributed by atoms with E-state index in [9.17, 15) is 0 Å². The van der Waals surface area contributed by atoms with E-state index in [2.05, 4.69) is 22.1 Å². The Balaban J connectivity index is 0.00000320. The Labute approximate surface area is 196 Å². The molecule has 1 aliphatic rings. The van der Waals surface area contributed by atoms with Gasteiger partial charge in [-0.25, -0.2) is 4.99 Å². The lowest BCUT2D eigenvalue weighted by Gasteiger charge is -2.23. The molecule has 1 heterocycles. The van der Waals surface area contributed by atoms with Gasteiger partial charge >= 0.3 is 0 Å². The largest absolute Gasteiger partial charge is 0.493 e. The molecule has 0 aliphatic carbocycles. The van der Waals surface area contributed by atoms with E-state index in [0.29, 0.717) is 30.9 Å². The van der Waals surface area contributed by atoms with E-state index in [4.69, 9.17) is 15.2 Å². The number of nitrogens with zero attached hydrogens (tertiary/aromatic N) is 2. The van der Waals surface area contributed by atoms with Gasteiger partial charge in [0, 0.05) is 12.6 Å². The highest BCUT2D eigenvalue weighted by Gasteiger charge is 2.22. The molecule has 1 aliphatic heterocycles. The first kappa shape index (κ1) is 24.3. The summed E-state index contributed by atoms with van der Waals surface area (Å²) >= 11 is 0. The normalized spacial score (nSPS) is 16.7. The van der Waals surface area contributed by atoms with Crippen LogP contribution in [0.4, 0.5) is 0 Å². The number of hydrogen-bond acceptors (Lipinski definition) is 4. The number of benzene rings is 2. The Morgan fingerprint density at radius 2 is 1.97 bits per heavy atom. The smallest absolute Gasteiger partial charge is 0.188 e. The average Bonchev–Trinajstić information content (AvgIpc) is 3.23. The van der Waals surface area contributed by atoms with Crippen LogP contribution in [0, 0.1) is 0 Å². The third kappa shape index (κ3) is 7.05. The summed E-state index contributed by atoms with van der Waals surface area (Å²) in [5, 5.41) is 3.27. The molecule has 0 spiro atoms. The summed E-state index contributed by atoms with van der Waals surface area (Å²) in [7, 11) is 1.65. The molecule has 3 N–H and O–H groups in total. The van der Waals surface area contributed by atoms with Gasteiger partial charge in [-0.3, -0.25) is 4.90 Å². The molecule has 1 unspecified atom stereocenters. The zero-order valence-electron chi connectivity index (χ0n) is 17.8. The Bertz CT molecular complexity index is 801. The number of guanidine groups is 1. The van der Waals surface area contributed by atoms with Crippen molar-refractivity contribution in [2.75, 3.05) is 26.7 Å². The topological polar surface area (TPSA) is 72.1 Å². The third-order valence-corrected chi connectivity index (χ3v) is 5.32. The molecule has 0 aromatic heterocycles. The highest BCUT2D eigenvalue weighted by molar-refractivity contribution is 14.0. The van der Waals surface area contributed by atoms with Crippen molar-refractivity contribution in [2.45, 2.75) is 39.0 Å².